The van der Waals surface area contributed by atoms with Gasteiger partial charge in [-0.3, -0.25) is 0 Å². The Kier molecular flexibility index (Phi) is 4.71. The summed E-state index contributed by atoms with van der Waals surface area (Å²) in [4.78, 5) is 3.66. The molecule has 4 heteroatoms. The number of nitrogens with two attached hydrogens (primary N) is 1. The predicted octanol–water partition coefficient (Wildman–Crippen LogP) is 0.851. The van der Waals surface area contributed by atoms with Crippen LogP contribution in [0.5, 0.6) is 0 Å². The van der Waals surface area contributed by atoms with Gasteiger partial charge < -0.3 is 5.73 Å². The molecule has 0 spiro atoms. The van der Waals surface area contributed by atoms with E-state index in [0.717, 1.165) is 0 Å². The number of rotatable bonds is 2. The molecule has 0 heterocycles. The average molecular weight is 160 g/mol. The second-order valence-electron chi connectivity index (χ2n) is 1.79. The maximum atomic E-state index is 8.45. The third-order valence-corrected chi connectivity index (χ3v) is 0.964. The first-order valence-electron chi connectivity index (χ1n) is 3.21. The summed E-state index contributed by atoms with van der Waals surface area (Å²) in [5.41, 5.74) is 4.94. The zero-order valence-corrected chi connectivity index (χ0v) is 6.65. The molecule has 0 aliphatic rings. The van der Waals surface area contributed by atoms with Gasteiger partial charge in [0, 0.05) is 6.21 Å². The summed E-state index contributed by atoms with van der Waals surface area (Å²) in [6.07, 6.45) is 4.80. The van der Waals surface area contributed by atoms with E-state index >= 15 is 0 Å². The number of nitrogens with zero attached hydrogens (tertiary/aromatic N) is 3. The molecule has 0 bridgehead atoms. The zero-order chi connectivity index (χ0) is 9.40. The number of aliphatic imine (C=N–C) groups is 1. The fraction of sp³-hybridized carbons (Fsp3) is 0.125. The molecule has 0 unspecified atom stereocenters. The van der Waals surface area contributed by atoms with Crippen LogP contribution in [0, 0.1) is 22.7 Å². The highest BCUT2D eigenvalue weighted by molar-refractivity contribution is 5.72. The standard InChI is InChI=1S/C8H8N4/c1-2-3-4-12-8(6-10)7(11)5-9/h2-4H,11H2,1H3/b3-2+,8-7+,12-4+. The quantitative estimate of drug-likeness (QED) is 0.480. The van der Waals surface area contributed by atoms with Gasteiger partial charge in [-0.15, -0.1) is 0 Å². The summed E-state index contributed by atoms with van der Waals surface area (Å²) in [7, 11) is 0. The van der Waals surface area contributed by atoms with Crippen molar-refractivity contribution in [1.29, 1.82) is 10.5 Å². The maximum Gasteiger partial charge on any atom is 0.174 e. The maximum absolute atomic E-state index is 8.45. The molecule has 2 N–H and O–H groups in total. The van der Waals surface area contributed by atoms with E-state index in [0.29, 0.717) is 0 Å². The van der Waals surface area contributed by atoms with Crippen molar-refractivity contribution >= 4 is 6.21 Å². The van der Waals surface area contributed by atoms with Crippen LogP contribution < -0.4 is 5.73 Å². The first-order chi connectivity index (χ1) is 5.76. The Morgan fingerprint density at radius 1 is 1.42 bits per heavy atom. The summed E-state index contributed by atoms with van der Waals surface area (Å²) in [6, 6.07) is 3.35. The summed E-state index contributed by atoms with van der Waals surface area (Å²) in [6.45, 7) is 1.81. The second-order valence-corrected chi connectivity index (χ2v) is 1.79. The van der Waals surface area contributed by atoms with Gasteiger partial charge in [0.2, 0.25) is 0 Å². The lowest BCUT2D eigenvalue weighted by Gasteiger charge is -1.86. The van der Waals surface area contributed by atoms with Crippen LogP contribution in [0.15, 0.2) is 28.5 Å². The molecule has 0 fully saturated rings. The molecular weight excluding hydrogens is 152 g/mol. The summed E-state index contributed by atoms with van der Waals surface area (Å²) in [5.74, 6) is 0. The van der Waals surface area contributed by atoms with E-state index in [2.05, 4.69) is 4.99 Å². The molecule has 0 aromatic heterocycles. The van der Waals surface area contributed by atoms with Crippen molar-refractivity contribution in [2.24, 2.45) is 10.7 Å². The van der Waals surface area contributed by atoms with Gasteiger partial charge in [0.1, 0.15) is 17.8 Å². The van der Waals surface area contributed by atoms with Gasteiger partial charge in [-0.25, -0.2) is 4.99 Å². The van der Waals surface area contributed by atoms with Gasteiger partial charge in [-0.1, -0.05) is 6.08 Å². The fourth-order valence-corrected chi connectivity index (χ4v) is 0.415. The van der Waals surface area contributed by atoms with E-state index in [1.807, 2.05) is 6.92 Å². The Hall–Kier alpha value is -2.07. The van der Waals surface area contributed by atoms with Crippen molar-refractivity contribution in [3.63, 3.8) is 0 Å². The number of allylic oxidation sites excluding steroid dienone is 4. The van der Waals surface area contributed by atoms with E-state index in [9.17, 15) is 0 Å². The minimum absolute atomic E-state index is 0.0596. The largest absolute Gasteiger partial charge is 0.388 e. The van der Waals surface area contributed by atoms with Gasteiger partial charge in [-0.05, 0) is 13.0 Å². The van der Waals surface area contributed by atoms with Crippen molar-refractivity contribution in [3.05, 3.63) is 23.5 Å². The Bertz CT molecular complexity index is 309. The van der Waals surface area contributed by atoms with Crippen LogP contribution >= 0.6 is 0 Å². The molecule has 0 aromatic rings. The molecule has 0 radical (unpaired) electrons. The zero-order valence-electron chi connectivity index (χ0n) is 6.65. The van der Waals surface area contributed by atoms with E-state index in [1.54, 1.807) is 24.3 Å². The summed E-state index contributed by atoms with van der Waals surface area (Å²) >= 11 is 0. The van der Waals surface area contributed by atoms with Crippen LogP contribution in [0.2, 0.25) is 0 Å². The van der Waals surface area contributed by atoms with Crippen LogP contribution in [0.25, 0.3) is 0 Å². The van der Waals surface area contributed by atoms with Crippen molar-refractivity contribution < 1.29 is 0 Å². The van der Waals surface area contributed by atoms with Crippen molar-refractivity contribution in [2.75, 3.05) is 0 Å². The highest BCUT2D eigenvalue weighted by Gasteiger charge is 1.96. The van der Waals surface area contributed by atoms with Gasteiger partial charge in [0.15, 0.2) is 5.70 Å². The Labute approximate surface area is 70.9 Å². The normalized spacial score (nSPS) is 12.6. The third kappa shape index (κ3) is 3.19. The SMILES string of the molecule is C/C=C/C=N/C(C#N)=C(/N)C#N. The Morgan fingerprint density at radius 3 is 2.50 bits per heavy atom. The van der Waals surface area contributed by atoms with Crippen molar-refractivity contribution in [1.82, 2.24) is 0 Å². The summed E-state index contributed by atoms with van der Waals surface area (Å²) in [5, 5.41) is 16.8. The minimum atomic E-state index is -0.168. The summed E-state index contributed by atoms with van der Waals surface area (Å²) < 4.78 is 0. The lowest BCUT2D eigenvalue weighted by molar-refractivity contribution is 1.27. The lowest BCUT2D eigenvalue weighted by Crippen LogP contribution is -1.97. The minimum Gasteiger partial charge on any atom is -0.388 e. The number of nitriles is 2. The molecule has 4 nitrogen and oxygen atoms in total. The Morgan fingerprint density at radius 2 is 2.08 bits per heavy atom. The number of hydrogen-bond acceptors (Lipinski definition) is 4. The van der Waals surface area contributed by atoms with Crippen LogP contribution in [-0.2, 0) is 0 Å². The van der Waals surface area contributed by atoms with Crippen molar-refractivity contribution in [2.45, 2.75) is 6.92 Å². The van der Waals surface area contributed by atoms with E-state index in [-0.39, 0.29) is 11.4 Å². The predicted molar refractivity (Wildman–Crippen MR) is 45.7 cm³/mol. The van der Waals surface area contributed by atoms with Crippen LogP contribution in [0.3, 0.4) is 0 Å². The molecule has 12 heavy (non-hydrogen) atoms. The molecule has 0 saturated heterocycles. The molecule has 60 valence electrons. The first-order valence-corrected chi connectivity index (χ1v) is 3.21. The topological polar surface area (TPSA) is 86.0 Å². The van der Waals surface area contributed by atoms with Gasteiger partial charge >= 0.3 is 0 Å². The highest BCUT2D eigenvalue weighted by atomic mass is 14.8. The van der Waals surface area contributed by atoms with E-state index < -0.39 is 0 Å². The van der Waals surface area contributed by atoms with Crippen LogP contribution in [0.1, 0.15) is 6.92 Å². The highest BCUT2D eigenvalue weighted by Crippen LogP contribution is 1.96. The smallest absolute Gasteiger partial charge is 0.174 e. The fourth-order valence-electron chi connectivity index (χ4n) is 0.415. The van der Waals surface area contributed by atoms with Gasteiger partial charge in [0.05, 0.1) is 0 Å². The average Bonchev–Trinajstić information content (AvgIpc) is 2.11. The van der Waals surface area contributed by atoms with Crippen LogP contribution in [-0.4, -0.2) is 6.21 Å². The Balaban J connectivity index is 4.65. The monoisotopic (exact) mass is 160 g/mol. The molecular formula is C8H8N4. The molecule has 0 aliphatic carbocycles. The van der Waals surface area contributed by atoms with E-state index in [1.165, 1.54) is 6.21 Å². The second kappa shape index (κ2) is 5.70. The third-order valence-electron chi connectivity index (χ3n) is 0.964. The molecule has 0 saturated carbocycles. The first kappa shape index (κ1) is 9.93. The lowest BCUT2D eigenvalue weighted by atomic mass is 10.4. The molecule has 0 atom stereocenters. The molecule has 0 aliphatic heterocycles. The molecule has 0 aromatic carbocycles. The number of hydrogen-bond donors (Lipinski definition) is 1. The molecule has 0 rings (SSSR count). The van der Waals surface area contributed by atoms with E-state index in [4.69, 9.17) is 16.3 Å². The van der Waals surface area contributed by atoms with Gasteiger partial charge in [-0.2, -0.15) is 10.5 Å². The van der Waals surface area contributed by atoms with Gasteiger partial charge in [0.25, 0.3) is 0 Å². The van der Waals surface area contributed by atoms with Crippen molar-refractivity contribution in [3.8, 4) is 12.1 Å². The molecule has 0 amide bonds. The van der Waals surface area contributed by atoms with Crippen LogP contribution in [0.4, 0.5) is 0 Å².